The third kappa shape index (κ3) is 8.03. The zero-order chi connectivity index (χ0) is 24.2. The average Bonchev–Trinajstić information content (AvgIpc) is 2.87. The van der Waals surface area contributed by atoms with E-state index in [1.54, 1.807) is 4.90 Å². The van der Waals surface area contributed by atoms with Gasteiger partial charge in [0.1, 0.15) is 11.8 Å². The maximum absolute atomic E-state index is 13.5. The Morgan fingerprint density at radius 3 is 2.21 bits per heavy atom. The van der Waals surface area contributed by atoms with Gasteiger partial charge in [-0.1, -0.05) is 89.9 Å². The third-order valence-electron chi connectivity index (χ3n) is 5.47. The lowest BCUT2D eigenvalue weighted by Crippen LogP contribution is -2.51. The number of amides is 2. The van der Waals surface area contributed by atoms with Crippen LogP contribution in [0, 0.1) is 0 Å². The number of nitrogens with zero attached hydrogens (tertiary/aromatic N) is 1. The number of ether oxygens (including phenoxy) is 1. The van der Waals surface area contributed by atoms with Crippen LogP contribution in [-0.4, -0.2) is 35.9 Å². The van der Waals surface area contributed by atoms with Gasteiger partial charge in [0.05, 0.1) is 0 Å². The number of para-hydroxylation sites is 1. The SMILES string of the molecule is CCCCNC(=O)[C@H](Cc1ccccc1)N(Cc1ccc(Br)cc1)C(=O)COc1ccccc1. The normalized spacial score (nSPS) is 11.5. The van der Waals surface area contributed by atoms with Crippen molar-refractivity contribution in [2.24, 2.45) is 0 Å². The minimum atomic E-state index is -0.658. The summed E-state index contributed by atoms with van der Waals surface area (Å²) in [6.45, 7) is 2.83. The van der Waals surface area contributed by atoms with Crippen molar-refractivity contribution >= 4 is 27.7 Å². The fourth-order valence-electron chi connectivity index (χ4n) is 3.59. The molecule has 6 heteroatoms. The average molecular weight is 523 g/mol. The van der Waals surface area contributed by atoms with Gasteiger partial charge >= 0.3 is 0 Å². The highest BCUT2D eigenvalue weighted by Gasteiger charge is 2.30. The first-order valence-electron chi connectivity index (χ1n) is 11.6. The van der Waals surface area contributed by atoms with Gasteiger partial charge in [-0.25, -0.2) is 0 Å². The van der Waals surface area contributed by atoms with E-state index in [1.165, 1.54) is 0 Å². The van der Waals surface area contributed by atoms with Crippen LogP contribution < -0.4 is 10.1 Å². The van der Waals surface area contributed by atoms with E-state index in [1.807, 2.05) is 84.9 Å². The minimum absolute atomic E-state index is 0.145. The number of nitrogens with one attached hydrogen (secondary N) is 1. The van der Waals surface area contributed by atoms with Crippen molar-refractivity contribution in [1.82, 2.24) is 10.2 Å². The van der Waals surface area contributed by atoms with E-state index in [0.29, 0.717) is 25.3 Å². The van der Waals surface area contributed by atoms with Crippen molar-refractivity contribution in [1.29, 1.82) is 0 Å². The van der Waals surface area contributed by atoms with Crippen molar-refractivity contribution in [3.63, 3.8) is 0 Å². The number of unbranched alkanes of at least 4 members (excludes halogenated alkanes) is 1. The smallest absolute Gasteiger partial charge is 0.261 e. The molecule has 3 aromatic rings. The van der Waals surface area contributed by atoms with E-state index >= 15 is 0 Å². The highest BCUT2D eigenvalue weighted by molar-refractivity contribution is 9.10. The third-order valence-corrected chi connectivity index (χ3v) is 6.00. The van der Waals surface area contributed by atoms with Gasteiger partial charge in [0.2, 0.25) is 5.91 Å². The van der Waals surface area contributed by atoms with E-state index in [-0.39, 0.29) is 18.4 Å². The van der Waals surface area contributed by atoms with Crippen LogP contribution in [0.4, 0.5) is 0 Å². The maximum atomic E-state index is 13.5. The number of hydrogen-bond acceptors (Lipinski definition) is 3. The van der Waals surface area contributed by atoms with Gasteiger partial charge in [-0.3, -0.25) is 9.59 Å². The van der Waals surface area contributed by atoms with Crippen LogP contribution in [-0.2, 0) is 22.6 Å². The topological polar surface area (TPSA) is 58.6 Å². The van der Waals surface area contributed by atoms with E-state index in [2.05, 4.69) is 28.2 Å². The Bertz CT molecular complexity index is 1030. The van der Waals surface area contributed by atoms with Crippen molar-refractivity contribution in [2.75, 3.05) is 13.2 Å². The Morgan fingerprint density at radius 1 is 0.912 bits per heavy atom. The summed E-state index contributed by atoms with van der Waals surface area (Å²) in [7, 11) is 0. The summed E-state index contributed by atoms with van der Waals surface area (Å²) in [6.07, 6.45) is 2.30. The molecular weight excluding hydrogens is 492 g/mol. The highest BCUT2D eigenvalue weighted by atomic mass is 79.9. The molecule has 1 atom stereocenters. The first kappa shape index (κ1) is 25.5. The van der Waals surface area contributed by atoms with Crippen LogP contribution in [0.5, 0.6) is 5.75 Å². The second kappa shape index (κ2) is 13.6. The first-order valence-corrected chi connectivity index (χ1v) is 12.4. The summed E-state index contributed by atoms with van der Waals surface area (Å²) in [5, 5.41) is 3.03. The predicted molar refractivity (Wildman–Crippen MR) is 138 cm³/mol. The molecule has 0 aliphatic carbocycles. The van der Waals surface area contributed by atoms with Gasteiger partial charge in [-0.05, 0) is 41.8 Å². The number of carbonyl (C=O) groups excluding carboxylic acids is 2. The molecule has 0 radical (unpaired) electrons. The Hall–Kier alpha value is -3.12. The van der Waals surface area contributed by atoms with E-state index in [0.717, 1.165) is 28.4 Å². The quantitative estimate of drug-likeness (QED) is 0.324. The summed E-state index contributed by atoms with van der Waals surface area (Å²) in [5.41, 5.74) is 1.94. The van der Waals surface area contributed by atoms with Crippen LogP contribution in [0.3, 0.4) is 0 Å². The first-order chi connectivity index (χ1) is 16.6. The zero-order valence-corrected chi connectivity index (χ0v) is 21.0. The van der Waals surface area contributed by atoms with Gasteiger partial charge < -0.3 is 15.0 Å². The molecule has 0 saturated heterocycles. The van der Waals surface area contributed by atoms with Gasteiger partial charge in [0.15, 0.2) is 6.61 Å². The Kier molecular flexibility index (Phi) is 10.2. The molecule has 0 aromatic heterocycles. The number of hydrogen-bond donors (Lipinski definition) is 1. The van der Waals surface area contributed by atoms with Crippen LogP contribution >= 0.6 is 15.9 Å². The minimum Gasteiger partial charge on any atom is -0.484 e. The molecule has 1 N–H and O–H groups in total. The second-order valence-electron chi connectivity index (χ2n) is 8.10. The van der Waals surface area contributed by atoms with Gasteiger partial charge in [0.25, 0.3) is 5.91 Å². The van der Waals surface area contributed by atoms with Crippen molar-refractivity contribution in [3.05, 3.63) is 101 Å². The Labute approximate surface area is 210 Å². The number of benzene rings is 3. The molecule has 0 spiro atoms. The molecule has 3 rings (SSSR count). The van der Waals surface area contributed by atoms with Crippen molar-refractivity contribution in [3.8, 4) is 5.75 Å². The number of halogens is 1. The van der Waals surface area contributed by atoms with Crippen LogP contribution in [0.15, 0.2) is 89.4 Å². The zero-order valence-electron chi connectivity index (χ0n) is 19.5. The van der Waals surface area contributed by atoms with Crippen LogP contribution in [0.1, 0.15) is 30.9 Å². The van der Waals surface area contributed by atoms with Crippen molar-refractivity contribution in [2.45, 2.75) is 38.8 Å². The lowest BCUT2D eigenvalue weighted by Gasteiger charge is -2.31. The lowest BCUT2D eigenvalue weighted by molar-refractivity contribution is -0.142. The lowest BCUT2D eigenvalue weighted by atomic mass is 10.0. The van der Waals surface area contributed by atoms with E-state index in [4.69, 9.17) is 4.74 Å². The predicted octanol–water partition coefficient (Wildman–Crippen LogP) is 5.38. The maximum Gasteiger partial charge on any atom is 0.261 e. The van der Waals surface area contributed by atoms with Gasteiger partial charge in [0, 0.05) is 24.0 Å². The molecule has 2 amide bonds. The summed E-state index contributed by atoms with van der Waals surface area (Å²) in [5.74, 6) is 0.229. The molecule has 3 aromatic carbocycles. The largest absolute Gasteiger partial charge is 0.484 e. The standard InChI is InChI=1S/C28H31BrN2O3/c1-2-3-18-30-28(33)26(19-22-10-6-4-7-11-22)31(20-23-14-16-24(29)17-15-23)27(32)21-34-25-12-8-5-9-13-25/h4-17,26H,2-3,18-21H2,1H3,(H,30,33)/t26-/m0/s1. The molecule has 0 fully saturated rings. The number of carbonyl (C=O) groups is 2. The van der Waals surface area contributed by atoms with Crippen LogP contribution in [0.25, 0.3) is 0 Å². The fourth-order valence-corrected chi connectivity index (χ4v) is 3.86. The van der Waals surface area contributed by atoms with E-state index in [9.17, 15) is 9.59 Å². The van der Waals surface area contributed by atoms with Crippen LogP contribution in [0.2, 0.25) is 0 Å². The molecule has 0 aliphatic rings. The molecule has 0 unspecified atom stereocenters. The van der Waals surface area contributed by atoms with Gasteiger partial charge in [-0.2, -0.15) is 0 Å². The monoisotopic (exact) mass is 522 g/mol. The molecular formula is C28H31BrN2O3. The highest BCUT2D eigenvalue weighted by Crippen LogP contribution is 2.18. The molecule has 0 bridgehead atoms. The molecule has 0 heterocycles. The second-order valence-corrected chi connectivity index (χ2v) is 9.02. The summed E-state index contributed by atoms with van der Waals surface area (Å²) in [6, 6.07) is 26.2. The molecule has 0 saturated carbocycles. The molecule has 34 heavy (non-hydrogen) atoms. The van der Waals surface area contributed by atoms with Crippen molar-refractivity contribution < 1.29 is 14.3 Å². The summed E-state index contributed by atoms with van der Waals surface area (Å²) >= 11 is 3.46. The summed E-state index contributed by atoms with van der Waals surface area (Å²) in [4.78, 5) is 28.4. The van der Waals surface area contributed by atoms with Gasteiger partial charge in [-0.15, -0.1) is 0 Å². The van der Waals surface area contributed by atoms with E-state index < -0.39 is 6.04 Å². The summed E-state index contributed by atoms with van der Waals surface area (Å²) < 4.78 is 6.71. The Morgan fingerprint density at radius 2 is 1.56 bits per heavy atom. The molecule has 5 nitrogen and oxygen atoms in total. The number of rotatable bonds is 12. The molecule has 0 aliphatic heterocycles. The fraction of sp³-hybridized carbons (Fsp3) is 0.286. The molecule has 178 valence electrons. The Balaban J connectivity index is 1.86.